The zero-order valence-corrected chi connectivity index (χ0v) is 21.6. The Labute approximate surface area is 232 Å². The molecular weight excluding hydrogens is 488 g/mol. The predicted molar refractivity (Wildman–Crippen MR) is 162 cm³/mol. The fourth-order valence-electron chi connectivity index (χ4n) is 4.89. The summed E-state index contributed by atoms with van der Waals surface area (Å²) in [6.07, 6.45) is 3.68. The minimum absolute atomic E-state index is 0.657. The van der Waals surface area contributed by atoms with Crippen LogP contribution >= 0.6 is 0 Å². The van der Waals surface area contributed by atoms with Gasteiger partial charge in [-0.2, -0.15) is 0 Å². The molecule has 4 nitrogen and oxygen atoms in total. The van der Waals surface area contributed by atoms with E-state index in [1.54, 1.807) is 6.20 Å². The minimum atomic E-state index is 0.657. The van der Waals surface area contributed by atoms with Crippen molar-refractivity contribution >= 4 is 10.8 Å². The summed E-state index contributed by atoms with van der Waals surface area (Å²) in [7, 11) is 0. The first-order valence-electron chi connectivity index (χ1n) is 13.2. The summed E-state index contributed by atoms with van der Waals surface area (Å²) >= 11 is 0. The quantitative estimate of drug-likeness (QED) is 0.231. The molecule has 0 spiro atoms. The second-order valence-electron chi connectivity index (χ2n) is 9.63. The molecular formula is C36H24N4. The summed E-state index contributed by atoms with van der Waals surface area (Å²) in [5.74, 6) is 1.98. The molecule has 0 aliphatic heterocycles. The number of nitrogens with zero attached hydrogens (tertiary/aromatic N) is 4. The number of pyridine rings is 1. The Balaban J connectivity index is 1.25. The molecule has 2 heterocycles. The van der Waals surface area contributed by atoms with Gasteiger partial charge in [-0.1, -0.05) is 115 Å². The Morgan fingerprint density at radius 3 is 1.32 bits per heavy atom. The molecule has 0 aliphatic rings. The topological polar surface area (TPSA) is 51.6 Å². The molecule has 0 radical (unpaired) electrons. The highest BCUT2D eigenvalue weighted by Crippen LogP contribution is 2.30. The summed E-state index contributed by atoms with van der Waals surface area (Å²) in [5.41, 5.74) is 7.50. The Morgan fingerprint density at radius 1 is 0.325 bits per heavy atom. The molecule has 0 fully saturated rings. The van der Waals surface area contributed by atoms with Crippen molar-refractivity contribution in [2.24, 2.45) is 0 Å². The van der Waals surface area contributed by atoms with Gasteiger partial charge in [-0.25, -0.2) is 15.0 Å². The van der Waals surface area contributed by atoms with E-state index in [4.69, 9.17) is 15.0 Å². The maximum atomic E-state index is 4.88. The van der Waals surface area contributed by atoms with E-state index in [1.807, 2.05) is 72.9 Å². The van der Waals surface area contributed by atoms with E-state index in [0.717, 1.165) is 33.2 Å². The molecule has 0 saturated heterocycles. The van der Waals surface area contributed by atoms with Crippen molar-refractivity contribution < 1.29 is 0 Å². The van der Waals surface area contributed by atoms with Gasteiger partial charge in [0.25, 0.3) is 0 Å². The number of hydrogen-bond donors (Lipinski definition) is 0. The molecule has 2 aromatic heterocycles. The molecule has 0 unspecified atom stereocenters. The van der Waals surface area contributed by atoms with Crippen LogP contribution in [-0.4, -0.2) is 19.9 Å². The van der Waals surface area contributed by atoms with Gasteiger partial charge in [0.15, 0.2) is 17.5 Å². The molecule has 0 bridgehead atoms. The third-order valence-electron chi connectivity index (χ3n) is 7.01. The smallest absolute Gasteiger partial charge is 0.164 e. The highest BCUT2D eigenvalue weighted by molar-refractivity contribution is 5.90. The van der Waals surface area contributed by atoms with Crippen LogP contribution in [0.25, 0.3) is 67.2 Å². The molecule has 7 rings (SSSR count). The van der Waals surface area contributed by atoms with Gasteiger partial charge in [-0.15, -0.1) is 0 Å². The highest BCUT2D eigenvalue weighted by Gasteiger charge is 2.13. The van der Waals surface area contributed by atoms with Crippen LogP contribution in [0.5, 0.6) is 0 Å². The van der Waals surface area contributed by atoms with Crippen LogP contribution in [0.1, 0.15) is 0 Å². The van der Waals surface area contributed by atoms with Crippen LogP contribution in [-0.2, 0) is 0 Å². The zero-order chi connectivity index (χ0) is 26.7. The zero-order valence-electron chi connectivity index (χ0n) is 21.6. The number of benzene rings is 5. The van der Waals surface area contributed by atoms with Crippen molar-refractivity contribution in [2.45, 2.75) is 0 Å². The lowest BCUT2D eigenvalue weighted by Gasteiger charge is -2.10. The van der Waals surface area contributed by atoms with E-state index in [2.05, 4.69) is 71.7 Å². The number of fused-ring (bicyclic) bond motifs is 1. The fraction of sp³-hybridized carbons (Fsp3) is 0. The maximum absolute atomic E-state index is 4.88. The van der Waals surface area contributed by atoms with E-state index in [0.29, 0.717) is 17.5 Å². The van der Waals surface area contributed by atoms with Gasteiger partial charge in [0, 0.05) is 29.1 Å². The molecule has 0 aliphatic carbocycles. The first-order chi connectivity index (χ1) is 19.8. The summed E-state index contributed by atoms with van der Waals surface area (Å²) < 4.78 is 0. The van der Waals surface area contributed by atoms with E-state index < -0.39 is 0 Å². The fourth-order valence-corrected chi connectivity index (χ4v) is 4.89. The van der Waals surface area contributed by atoms with Gasteiger partial charge in [-0.3, -0.25) is 4.98 Å². The van der Waals surface area contributed by atoms with Crippen molar-refractivity contribution in [1.29, 1.82) is 0 Å². The van der Waals surface area contributed by atoms with E-state index in [-0.39, 0.29) is 0 Å². The lowest BCUT2D eigenvalue weighted by molar-refractivity contribution is 1.07. The van der Waals surface area contributed by atoms with Gasteiger partial charge in [0.05, 0.1) is 0 Å². The average Bonchev–Trinajstić information content (AvgIpc) is 3.05. The lowest BCUT2D eigenvalue weighted by Crippen LogP contribution is -2.00. The number of aromatic nitrogens is 4. The van der Waals surface area contributed by atoms with Gasteiger partial charge in [0.2, 0.25) is 0 Å². The van der Waals surface area contributed by atoms with Crippen LogP contribution in [0, 0.1) is 0 Å². The summed E-state index contributed by atoms with van der Waals surface area (Å²) in [6, 6.07) is 45.7. The van der Waals surface area contributed by atoms with E-state index in [1.165, 1.54) is 16.5 Å². The molecule has 188 valence electrons. The predicted octanol–water partition coefficient (Wildman–Crippen LogP) is 8.75. The molecule has 0 saturated carbocycles. The van der Waals surface area contributed by atoms with E-state index >= 15 is 0 Å². The maximum Gasteiger partial charge on any atom is 0.164 e. The third kappa shape index (κ3) is 4.74. The number of hydrogen-bond acceptors (Lipinski definition) is 4. The van der Waals surface area contributed by atoms with Gasteiger partial charge < -0.3 is 0 Å². The van der Waals surface area contributed by atoms with E-state index in [9.17, 15) is 0 Å². The molecule has 7 aromatic rings. The van der Waals surface area contributed by atoms with Crippen molar-refractivity contribution in [2.75, 3.05) is 0 Å². The SMILES string of the molecule is c1ccc(-c2nc(-c3ccccc3)nc(-c3ccc4cc(-c5ccc(-c6cccnc6)cc5)ccc4c3)n2)cc1. The Bertz CT molecular complexity index is 1860. The standard InChI is InChI=1S/C36H24N4/c1-3-8-27(9-4-1)34-38-35(28-10-5-2-6-11-28)40-36(39-34)32-20-19-30-22-29(17-18-31(30)23-32)25-13-15-26(16-14-25)33-12-7-21-37-24-33/h1-24H. The second-order valence-corrected chi connectivity index (χ2v) is 9.63. The Hall–Kier alpha value is -5.48. The molecule has 0 amide bonds. The van der Waals surface area contributed by atoms with Crippen LogP contribution in [0.4, 0.5) is 0 Å². The Morgan fingerprint density at radius 2 is 0.775 bits per heavy atom. The molecule has 4 heteroatoms. The summed E-state index contributed by atoms with van der Waals surface area (Å²) in [4.78, 5) is 18.8. The molecule has 5 aromatic carbocycles. The highest BCUT2D eigenvalue weighted by atomic mass is 15.0. The molecule has 0 N–H and O–H groups in total. The first-order valence-corrected chi connectivity index (χ1v) is 13.2. The van der Waals surface area contributed by atoms with Crippen LogP contribution in [0.2, 0.25) is 0 Å². The van der Waals surface area contributed by atoms with Crippen molar-refractivity contribution in [3.05, 3.63) is 146 Å². The first kappa shape index (κ1) is 23.6. The number of rotatable bonds is 5. The van der Waals surface area contributed by atoms with Crippen LogP contribution < -0.4 is 0 Å². The monoisotopic (exact) mass is 512 g/mol. The van der Waals surface area contributed by atoms with Gasteiger partial charge in [0.1, 0.15) is 0 Å². The van der Waals surface area contributed by atoms with Gasteiger partial charge in [-0.05, 0) is 51.2 Å². The molecule has 0 atom stereocenters. The van der Waals surface area contributed by atoms with Crippen LogP contribution in [0.3, 0.4) is 0 Å². The van der Waals surface area contributed by atoms with Crippen molar-refractivity contribution in [1.82, 2.24) is 19.9 Å². The lowest BCUT2D eigenvalue weighted by atomic mass is 9.98. The Kier molecular flexibility index (Phi) is 6.11. The summed E-state index contributed by atoms with van der Waals surface area (Å²) in [6.45, 7) is 0. The van der Waals surface area contributed by atoms with Crippen molar-refractivity contribution in [3.63, 3.8) is 0 Å². The largest absolute Gasteiger partial charge is 0.264 e. The van der Waals surface area contributed by atoms with Gasteiger partial charge >= 0.3 is 0 Å². The van der Waals surface area contributed by atoms with Crippen LogP contribution in [0.15, 0.2) is 146 Å². The summed E-state index contributed by atoms with van der Waals surface area (Å²) in [5, 5.41) is 2.30. The molecule has 40 heavy (non-hydrogen) atoms. The third-order valence-corrected chi connectivity index (χ3v) is 7.01. The average molecular weight is 513 g/mol. The normalized spacial score (nSPS) is 11.0. The second kappa shape index (κ2) is 10.4. The minimum Gasteiger partial charge on any atom is -0.264 e. The van der Waals surface area contributed by atoms with Crippen molar-refractivity contribution in [3.8, 4) is 56.4 Å².